The summed E-state index contributed by atoms with van der Waals surface area (Å²) in [6, 6.07) is 10.3. The van der Waals surface area contributed by atoms with E-state index >= 15 is 0 Å². The summed E-state index contributed by atoms with van der Waals surface area (Å²) < 4.78 is 7.20. The molecular formula is C16H24N4O. The Morgan fingerprint density at radius 1 is 1.29 bits per heavy atom. The number of ether oxygens (including phenoxy) is 1. The first-order chi connectivity index (χ1) is 10.3. The van der Waals surface area contributed by atoms with Crippen LogP contribution in [0.4, 0.5) is 0 Å². The van der Waals surface area contributed by atoms with Crippen LogP contribution in [-0.2, 0) is 13.0 Å². The standard InChI is InChI=1S/C16H24N4O/c1-3-12-20-16(10-11-18-20)15(19-17)9-6-13-4-7-14(21-2)8-5-13/h4-5,7-8,10-11,15,19H,3,6,9,12,17H2,1-2H3. The highest BCUT2D eigenvalue weighted by Gasteiger charge is 2.14. The molecule has 1 heterocycles. The predicted octanol–water partition coefficient (Wildman–Crippen LogP) is 2.44. The first kappa shape index (κ1) is 15.5. The molecule has 0 aliphatic rings. The molecule has 1 aromatic heterocycles. The van der Waals surface area contributed by atoms with Crippen LogP contribution in [-0.4, -0.2) is 16.9 Å². The average Bonchev–Trinajstić information content (AvgIpc) is 2.97. The summed E-state index contributed by atoms with van der Waals surface area (Å²) in [7, 11) is 1.68. The van der Waals surface area contributed by atoms with Gasteiger partial charge in [0.05, 0.1) is 18.8 Å². The van der Waals surface area contributed by atoms with Gasteiger partial charge >= 0.3 is 0 Å². The van der Waals surface area contributed by atoms with Gasteiger partial charge in [0.1, 0.15) is 5.75 Å². The van der Waals surface area contributed by atoms with E-state index in [2.05, 4.69) is 29.6 Å². The van der Waals surface area contributed by atoms with Crippen molar-refractivity contribution in [3.63, 3.8) is 0 Å². The van der Waals surface area contributed by atoms with E-state index in [0.29, 0.717) is 0 Å². The maximum atomic E-state index is 5.73. The Morgan fingerprint density at radius 2 is 2.05 bits per heavy atom. The molecule has 114 valence electrons. The highest BCUT2D eigenvalue weighted by molar-refractivity contribution is 5.27. The lowest BCUT2D eigenvalue weighted by Crippen LogP contribution is -2.30. The van der Waals surface area contributed by atoms with Gasteiger partial charge in [0.2, 0.25) is 0 Å². The van der Waals surface area contributed by atoms with Gasteiger partial charge in [-0.15, -0.1) is 0 Å². The second-order valence-corrected chi connectivity index (χ2v) is 5.09. The molecular weight excluding hydrogens is 264 g/mol. The van der Waals surface area contributed by atoms with Gasteiger partial charge < -0.3 is 4.74 Å². The van der Waals surface area contributed by atoms with E-state index in [1.807, 2.05) is 29.1 Å². The number of benzene rings is 1. The van der Waals surface area contributed by atoms with Crippen LogP contribution in [0.5, 0.6) is 5.75 Å². The van der Waals surface area contributed by atoms with Crippen molar-refractivity contribution in [1.29, 1.82) is 0 Å². The molecule has 0 bridgehead atoms. The van der Waals surface area contributed by atoms with Gasteiger partial charge in [-0.2, -0.15) is 5.10 Å². The Labute approximate surface area is 126 Å². The SMILES string of the molecule is CCCn1nccc1C(CCc1ccc(OC)cc1)NN. The lowest BCUT2D eigenvalue weighted by molar-refractivity contribution is 0.414. The fraction of sp³-hybridized carbons (Fsp3) is 0.438. The number of hydrogen-bond donors (Lipinski definition) is 2. The number of hydrogen-bond acceptors (Lipinski definition) is 4. The van der Waals surface area contributed by atoms with E-state index in [1.165, 1.54) is 5.56 Å². The van der Waals surface area contributed by atoms with E-state index in [1.54, 1.807) is 7.11 Å². The molecule has 0 amide bonds. The second-order valence-electron chi connectivity index (χ2n) is 5.09. The van der Waals surface area contributed by atoms with Gasteiger partial charge in [0.25, 0.3) is 0 Å². The monoisotopic (exact) mass is 288 g/mol. The van der Waals surface area contributed by atoms with Gasteiger partial charge in [-0.3, -0.25) is 16.0 Å². The van der Waals surface area contributed by atoms with Crippen LogP contribution in [0.1, 0.15) is 37.1 Å². The molecule has 2 aromatic rings. The minimum Gasteiger partial charge on any atom is -0.497 e. The fourth-order valence-electron chi connectivity index (χ4n) is 2.46. The number of aromatic nitrogens is 2. The van der Waals surface area contributed by atoms with Gasteiger partial charge in [-0.05, 0) is 43.0 Å². The fourth-order valence-corrected chi connectivity index (χ4v) is 2.46. The minimum atomic E-state index is 0.112. The maximum Gasteiger partial charge on any atom is 0.118 e. The summed E-state index contributed by atoms with van der Waals surface area (Å²) in [5.74, 6) is 6.61. The highest BCUT2D eigenvalue weighted by Crippen LogP contribution is 2.20. The van der Waals surface area contributed by atoms with E-state index in [4.69, 9.17) is 10.6 Å². The van der Waals surface area contributed by atoms with Crippen molar-refractivity contribution >= 4 is 0 Å². The summed E-state index contributed by atoms with van der Waals surface area (Å²) >= 11 is 0. The normalized spacial score (nSPS) is 12.3. The van der Waals surface area contributed by atoms with E-state index in [-0.39, 0.29) is 6.04 Å². The number of nitrogens with zero attached hydrogens (tertiary/aromatic N) is 2. The van der Waals surface area contributed by atoms with E-state index < -0.39 is 0 Å². The second kappa shape index (κ2) is 7.81. The lowest BCUT2D eigenvalue weighted by atomic mass is 10.0. The van der Waals surface area contributed by atoms with E-state index in [9.17, 15) is 0 Å². The molecule has 2 rings (SSSR count). The molecule has 0 radical (unpaired) electrons. The number of methoxy groups -OCH3 is 1. The Hall–Kier alpha value is -1.85. The molecule has 0 aliphatic heterocycles. The Bertz CT molecular complexity index is 535. The van der Waals surface area contributed by atoms with Crippen molar-refractivity contribution < 1.29 is 4.74 Å². The molecule has 0 saturated carbocycles. The number of rotatable bonds is 8. The van der Waals surface area contributed by atoms with Gasteiger partial charge in [-0.25, -0.2) is 0 Å². The zero-order valence-electron chi connectivity index (χ0n) is 12.7. The molecule has 1 atom stereocenters. The molecule has 0 spiro atoms. The topological polar surface area (TPSA) is 65.1 Å². The van der Waals surface area contributed by atoms with Crippen LogP contribution in [0.15, 0.2) is 36.5 Å². The molecule has 1 unspecified atom stereocenters. The summed E-state index contributed by atoms with van der Waals surface area (Å²) in [5, 5.41) is 4.36. The lowest BCUT2D eigenvalue weighted by Gasteiger charge is -2.17. The molecule has 1 aromatic carbocycles. The van der Waals surface area contributed by atoms with Crippen molar-refractivity contribution in [3.05, 3.63) is 47.8 Å². The number of nitrogens with one attached hydrogen (secondary N) is 1. The summed E-state index contributed by atoms with van der Waals surface area (Å²) in [6.07, 6.45) is 4.78. The smallest absolute Gasteiger partial charge is 0.118 e. The van der Waals surface area contributed by atoms with Crippen LogP contribution in [0.3, 0.4) is 0 Å². The third-order valence-electron chi connectivity index (χ3n) is 3.62. The van der Waals surface area contributed by atoms with Crippen molar-refractivity contribution in [2.75, 3.05) is 7.11 Å². The molecule has 0 fully saturated rings. The summed E-state index contributed by atoms with van der Waals surface area (Å²) in [5.41, 5.74) is 5.33. The molecule has 3 N–H and O–H groups in total. The predicted molar refractivity (Wildman–Crippen MR) is 83.9 cm³/mol. The minimum absolute atomic E-state index is 0.112. The Balaban J connectivity index is 1.99. The number of hydrazine groups is 1. The molecule has 5 nitrogen and oxygen atoms in total. The first-order valence-electron chi connectivity index (χ1n) is 7.39. The summed E-state index contributed by atoms with van der Waals surface area (Å²) in [6.45, 7) is 3.07. The largest absolute Gasteiger partial charge is 0.497 e. The van der Waals surface area contributed by atoms with Crippen molar-refractivity contribution in [3.8, 4) is 5.75 Å². The highest BCUT2D eigenvalue weighted by atomic mass is 16.5. The van der Waals surface area contributed by atoms with Crippen LogP contribution < -0.4 is 16.0 Å². The van der Waals surface area contributed by atoms with Crippen molar-refractivity contribution in [1.82, 2.24) is 15.2 Å². The zero-order valence-corrected chi connectivity index (χ0v) is 12.7. The Kier molecular flexibility index (Phi) is 5.78. The molecule has 0 saturated heterocycles. The van der Waals surface area contributed by atoms with Crippen molar-refractivity contribution in [2.45, 2.75) is 38.8 Å². The van der Waals surface area contributed by atoms with Crippen molar-refractivity contribution in [2.24, 2.45) is 5.84 Å². The van der Waals surface area contributed by atoms with Crippen LogP contribution in [0.25, 0.3) is 0 Å². The number of nitrogens with two attached hydrogens (primary N) is 1. The van der Waals surface area contributed by atoms with Gasteiger partial charge in [-0.1, -0.05) is 19.1 Å². The third-order valence-corrected chi connectivity index (χ3v) is 3.62. The van der Waals surface area contributed by atoms with Crippen LogP contribution in [0, 0.1) is 0 Å². The first-order valence-corrected chi connectivity index (χ1v) is 7.39. The van der Waals surface area contributed by atoms with E-state index in [0.717, 1.165) is 37.3 Å². The molecule has 5 heteroatoms. The molecule has 21 heavy (non-hydrogen) atoms. The molecule has 0 aliphatic carbocycles. The van der Waals surface area contributed by atoms with Crippen LogP contribution in [0.2, 0.25) is 0 Å². The summed E-state index contributed by atoms with van der Waals surface area (Å²) in [4.78, 5) is 0. The zero-order chi connectivity index (χ0) is 15.1. The maximum absolute atomic E-state index is 5.73. The van der Waals surface area contributed by atoms with Gasteiger partial charge in [0, 0.05) is 12.7 Å². The van der Waals surface area contributed by atoms with Crippen LogP contribution >= 0.6 is 0 Å². The van der Waals surface area contributed by atoms with Gasteiger partial charge in [0.15, 0.2) is 0 Å². The average molecular weight is 288 g/mol. The number of aryl methyl sites for hydroxylation is 2. The Morgan fingerprint density at radius 3 is 2.67 bits per heavy atom. The third kappa shape index (κ3) is 4.06. The quantitative estimate of drug-likeness (QED) is 0.578.